The third-order valence-electron chi connectivity index (χ3n) is 5.56. The predicted octanol–water partition coefficient (Wildman–Crippen LogP) is 7.03. The average Bonchev–Trinajstić information content (AvgIpc) is 3.14. The van der Waals surface area contributed by atoms with Crippen LogP contribution in [0.25, 0.3) is 6.08 Å². The number of hydrogen-bond acceptors (Lipinski definition) is 6. The first-order valence-electron chi connectivity index (χ1n) is 11.7. The molecule has 0 unspecified atom stereocenters. The number of thioether (sulfide) groups is 1. The van der Waals surface area contributed by atoms with Crippen LogP contribution in [0.2, 0.25) is 0 Å². The summed E-state index contributed by atoms with van der Waals surface area (Å²) in [6, 6.07) is 14.7. The van der Waals surface area contributed by atoms with Gasteiger partial charge in [0.25, 0.3) is 11.8 Å². The molecule has 0 radical (unpaired) electrons. The third-order valence-corrected chi connectivity index (χ3v) is 7.32. The van der Waals surface area contributed by atoms with Crippen LogP contribution in [0.1, 0.15) is 23.6 Å². The summed E-state index contributed by atoms with van der Waals surface area (Å²) in [5.41, 5.74) is 3.83. The van der Waals surface area contributed by atoms with Gasteiger partial charge in [0.05, 0.1) is 17.2 Å². The van der Waals surface area contributed by atoms with E-state index in [1.54, 1.807) is 24.3 Å². The Morgan fingerprint density at radius 3 is 2.42 bits per heavy atom. The van der Waals surface area contributed by atoms with E-state index in [1.807, 2.05) is 32.9 Å². The molecule has 1 fully saturated rings. The largest absolute Gasteiger partial charge is 0.490 e. The summed E-state index contributed by atoms with van der Waals surface area (Å²) >= 11 is 10.0. The van der Waals surface area contributed by atoms with Crippen LogP contribution in [0.4, 0.5) is 15.8 Å². The Kier molecular flexibility index (Phi) is 8.86. The summed E-state index contributed by atoms with van der Waals surface area (Å²) in [7, 11) is 0. The summed E-state index contributed by atoms with van der Waals surface area (Å²) in [6.45, 7) is 5.87. The quantitative estimate of drug-likeness (QED) is 0.217. The van der Waals surface area contributed by atoms with Crippen LogP contribution in [0.3, 0.4) is 0 Å². The van der Waals surface area contributed by atoms with Gasteiger partial charge in [-0.3, -0.25) is 14.5 Å². The second-order valence-corrected chi connectivity index (χ2v) is 11.0. The molecule has 38 heavy (non-hydrogen) atoms. The van der Waals surface area contributed by atoms with Crippen molar-refractivity contribution >= 4 is 73.5 Å². The van der Waals surface area contributed by atoms with E-state index >= 15 is 0 Å². The first kappa shape index (κ1) is 27.8. The number of hydrogen-bond donors (Lipinski definition) is 1. The zero-order chi connectivity index (χ0) is 27.4. The van der Waals surface area contributed by atoms with E-state index in [2.05, 4.69) is 21.2 Å². The molecule has 4 rings (SSSR count). The number of carbonyl (C=O) groups excluding carboxylic acids is 2. The van der Waals surface area contributed by atoms with Crippen molar-refractivity contribution in [3.05, 3.63) is 86.5 Å². The lowest BCUT2D eigenvalue weighted by molar-refractivity contribution is -0.118. The van der Waals surface area contributed by atoms with Gasteiger partial charge in [0.2, 0.25) is 0 Å². The summed E-state index contributed by atoms with van der Waals surface area (Å²) in [6.07, 6.45) is 1.71. The monoisotopic (exact) mass is 614 g/mol. The van der Waals surface area contributed by atoms with Gasteiger partial charge in [0.15, 0.2) is 22.4 Å². The number of thiocarbonyl (C=S) groups is 1. The molecule has 6 nitrogen and oxygen atoms in total. The van der Waals surface area contributed by atoms with Gasteiger partial charge in [0, 0.05) is 10.2 Å². The molecule has 1 aliphatic rings. The molecule has 1 heterocycles. The van der Waals surface area contributed by atoms with E-state index in [0.29, 0.717) is 38.6 Å². The maximum atomic E-state index is 13.3. The smallest absolute Gasteiger partial charge is 0.270 e. The first-order valence-corrected chi connectivity index (χ1v) is 13.7. The van der Waals surface area contributed by atoms with Crippen molar-refractivity contribution in [3.8, 4) is 11.5 Å². The van der Waals surface area contributed by atoms with Crippen LogP contribution in [0.5, 0.6) is 11.5 Å². The molecule has 0 saturated carbocycles. The lowest BCUT2D eigenvalue weighted by Crippen LogP contribution is -2.27. The molecule has 0 atom stereocenters. The molecule has 10 heteroatoms. The predicted molar refractivity (Wildman–Crippen MR) is 157 cm³/mol. The number of ether oxygens (including phenoxy) is 2. The lowest BCUT2D eigenvalue weighted by Gasteiger charge is -2.15. The van der Waals surface area contributed by atoms with Crippen LogP contribution in [-0.2, 0) is 9.59 Å². The topological polar surface area (TPSA) is 67.9 Å². The minimum absolute atomic E-state index is 0.204. The molecule has 196 valence electrons. The second-order valence-electron chi connectivity index (χ2n) is 8.38. The first-order chi connectivity index (χ1) is 18.2. The van der Waals surface area contributed by atoms with Crippen LogP contribution in [0, 0.1) is 19.7 Å². The van der Waals surface area contributed by atoms with Crippen molar-refractivity contribution in [2.75, 3.05) is 23.4 Å². The van der Waals surface area contributed by atoms with Gasteiger partial charge in [-0.2, -0.15) is 0 Å². The third kappa shape index (κ3) is 6.43. The highest BCUT2D eigenvalue weighted by Crippen LogP contribution is 2.37. The van der Waals surface area contributed by atoms with E-state index in [9.17, 15) is 14.0 Å². The van der Waals surface area contributed by atoms with Crippen LogP contribution >= 0.6 is 39.9 Å². The molecule has 3 aromatic rings. The minimum Gasteiger partial charge on any atom is -0.490 e. The number of nitrogens with zero attached hydrogens (tertiary/aromatic N) is 1. The number of halogens is 2. The summed E-state index contributed by atoms with van der Waals surface area (Å²) in [5, 5.41) is 2.90. The summed E-state index contributed by atoms with van der Waals surface area (Å²) in [4.78, 5) is 27.4. The zero-order valence-electron chi connectivity index (χ0n) is 20.8. The number of benzene rings is 3. The normalized spacial score (nSPS) is 14.2. The molecular weight excluding hydrogens is 591 g/mol. The average molecular weight is 616 g/mol. The van der Waals surface area contributed by atoms with Crippen molar-refractivity contribution < 1.29 is 23.5 Å². The van der Waals surface area contributed by atoms with Crippen molar-refractivity contribution in [3.63, 3.8) is 0 Å². The van der Waals surface area contributed by atoms with E-state index < -0.39 is 5.82 Å². The molecule has 0 aromatic heterocycles. The number of nitrogens with one attached hydrogen (secondary N) is 1. The van der Waals surface area contributed by atoms with Gasteiger partial charge in [-0.05, 0) is 92.1 Å². The Labute approximate surface area is 238 Å². The van der Waals surface area contributed by atoms with Gasteiger partial charge in [-0.15, -0.1) is 0 Å². The lowest BCUT2D eigenvalue weighted by atomic mass is 10.1. The molecular formula is C28H24BrFN2O4S2. The van der Waals surface area contributed by atoms with E-state index in [4.69, 9.17) is 21.7 Å². The Morgan fingerprint density at radius 1 is 1.08 bits per heavy atom. The fourth-order valence-corrected chi connectivity index (χ4v) is 5.85. The fraction of sp³-hybridized carbons (Fsp3) is 0.179. The van der Waals surface area contributed by atoms with Gasteiger partial charge in [-0.1, -0.05) is 46.0 Å². The molecule has 3 aromatic carbocycles. The van der Waals surface area contributed by atoms with Gasteiger partial charge in [-0.25, -0.2) is 4.39 Å². The van der Waals surface area contributed by atoms with Gasteiger partial charge >= 0.3 is 0 Å². The molecule has 0 aliphatic carbocycles. The van der Waals surface area contributed by atoms with Crippen molar-refractivity contribution in [1.82, 2.24) is 0 Å². The number of anilines is 2. The van der Waals surface area contributed by atoms with E-state index in [-0.39, 0.29) is 18.4 Å². The Hall–Kier alpha value is -3.21. The summed E-state index contributed by atoms with van der Waals surface area (Å²) in [5.74, 6) is -0.132. The van der Waals surface area contributed by atoms with Crippen LogP contribution in [0.15, 0.2) is 64.0 Å². The summed E-state index contributed by atoms with van der Waals surface area (Å²) < 4.78 is 26.1. The van der Waals surface area contributed by atoms with Crippen molar-refractivity contribution in [2.24, 2.45) is 0 Å². The number of aryl methyl sites for hydroxylation is 2. The Morgan fingerprint density at radius 2 is 1.76 bits per heavy atom. The Balaban J connectivity index is 1.48. The highest BCUT2D eigenvalue weighted by molar-refractivity contribution is 9.10. The van der Waals surface area contributed by atoms with Crippen molar-refractivity contribution in [1.29, 1.82) is 0 Å². The molecule has 0 spiro atoms. The molecule has 2 amide bonds. The van der Waals surface area contributed by atoms with E-state index in [0.717, 1.165) is 33.0 Å². The number of amides is 2. The maximum absolute atomic E-state index is 13.3. The molecule has 1 N–H and O–H groups in total. The van der Waals surface area contributed by atoms with E-state index in [1.165, 1.54) is 29.2 Å². The molecule has 1 aliphatic heterocycles. The highest BCUT2D eigenvalue weighted by Gasteiger charge is 2.33. The van der Waals surface area contributed by atoms with Gasteiger partial charge < -0.3 is 14.8 Å². The highest BCUT2D eigenvalue weighted by atomic mass is 79.9. The SMILES string of the molecule is CCOc1cc(/C=C2\SC(=S)N(c3ccc(F)cc3)C2=O)ccc1OCC(=O)Nc1c(C)cc(Br)cc1C. The fourth-order valence-electron chi connectivity index (χ4n) is 3.86. The molecule has 1 saturated heterocycles. The van der Waals surface area contributed by atoms with Gasteiger partial charge in [0.1, 0.15) is 5.82 Å². The van der Waals surface area contributed by atoms with Crippen molar-refractivity contribution in [2.45, 2.75) is 20.8 Å². The number of rotatable bonds is 8. The second kappa shape index (κ2) is 12.1. The standard InChI is InChI=1S/C28H24BrFN2O4S2/c1-4-35-23-13-18(14-24-27(34)32(28(37)38-24)21-8-6-20(30)7-9-21)5-10-22(23)36-15-25(33)31-26-16(2)11-19(29)12-17(26)3/h5-14H,4,15H2,1-3H3,(H,31,33)/b24-14-. The Bertz CT molecular complexity index is 1420. The molecule has 0 bridgehead atoms. The van der Waals surface area contributed by atoms with Crippen LogP contribution < -0.4 is 19.7 Å². The number of carbonyl (C=O) groups is 2. The minimum atomic E-state index is -0.392. The zero-order valence-corrected chi connectivity index (χ0v) is 24.1. The maximum Gasteiger partial charge on any atom is 0.270 e. The van der Waals surface area contributed by atoms with Crippen LogP contribution in [-0.4, -0.2) is 29.3 Å².